The SMILES string of the molecule is Cc1ccccc1[C@@H]1C[C@H]1C(=O)N1CC[C@@H](CN2CCCCC2)C1. The van der Waals surface area contributed by atoms with Crippen molar-refractivity contribution in [3.8, 4) is 0 Å². The average molecular weight is 326 g/mol. The number of piperidine rings is 1. The van der Waals surface area contributed by atoms with E-state index in [1.54, 1.807) is 0 Å². The van der Waals surface area contributed by atoms with Crippen LogP contribution in [0.15, 0.2) is 24.3 Å². The van der Waals surface area contributed by atoms with Crippen LogP contribution in [-0.4, -0.2) is 48.4 Å². The Morgan fingerprint density at radius 1 is 1.12 bits per heavy atom. The summed E-state index contributed by atoms with van der Waals surface area (Å²) in [7, 11) is 0. The van der Waals surface area contributed by atoms with E-state index in [2.05, 4.69) is 41.0 Å². The molecule has 0 unspecified atom stereocenters. The molecule has 4 rings (SSSR count). The van der Waals surface area contributed by atoms with E-state index in [0.29, 0.717) is 17.7 Å². The largest absolute Gasteiger partial charge is 0.342 e. The van der Waals surface area contributed by atoms with Gasteiger partial charge in [0.25, 0.3) is 0 Å². The van der Waals surface area contributed by atoms with Crippen LogP contribution in [0.2, 0.25) is 0 Å². The zero-order chi connectivity index (χ0) is 16.5. The number of rotatable bonds is 4. The van der Waals surface area contributed by atoms with Gasteiger partial charge in [-0.2, -0.15) is 0 Å². The Hall–Kier alpha value is -1.35. The highest BCUT2D eigenvalue weighted by molar-refractivity contribution is 5.83. The average Bonchev–Trinajstić information content (AvgIpc) is 3.26. The second-order valence-electron chi connectivity index (χ2n) is 8.11. The van der Waals surface area contributed by atoms with E-state index in [0.717, 1.165) is 19.5 Å². The molecule has 0 aromatic heterocycles. The molecule has 0 radical (unpaired) electrons. The van der Waals surface area contributed by atoms with Gasteiger partial charge in [-0.1, -0.05) is 30.7 Å². The van der Waals surface area contributed by atoms with Gasteiger partial charge < -0.3 is 9.80 Å². The van der Waals surface area contributed by atoms with Crippen LogP contribution in [0.1, 0.15) is 49.1 Å². The van der Waals surface area contributed by atoms with Gasteiger partial charge in [-0.25, -0.2) is 0 Å². The van der Waals surface area contributed by atoms with E-state index in [4.69, 9.17) is 0 Å². The Bertz CT molecular complexity index is 593. The predicted molar refractivity (Wildman–Crippen MR) is 97.0 cm³/mol. The maximum atomic E-state index is 12.9. The summed E-state index contributed by atoms with van der Waals surface area (Å²) >= 11 is 0. The van der Waals surface area contributed by atoms with Crippen molar-refractivity contribution in [1.29, 1.82) is 0 Å². The number of amides is 1. The molecule has 1 amide bonds. The second kappa shape index (κ2) is 6.87. The smallest absolute Gasteiger partial charge is 0.226 e. The monoisotopic (exact) mass is 326 g/mol. The normalized spacial score (nSPS) is 30.5. The van der Waals surface area contributed by atoms with Gasteiger partial charge in [0.1, 0.15) is 0 Å². The first-order valence-electron chi connectivity index (χ1n) is 9.79. The van der Waals surface area contributed by atoms with Crippen LogP contribution in [0.5, 0.6) is 0 Å². The molecule has 1 aliphatic carbocycles. The first-order valence-corrected chi connectivity index (χ1v) is 9.79. The van der Waals surface area contributed by atoms with Gasteiger partial charge in [0.05, 0.1) is 0 Å². The number of nitrogens with zero attached hydrogens (tertiary/aromatic N) is 2. The molecular formula is C21H30N2O. The van der Waals surface area contributed by atoms with E-state index in [9.17, 15) is 4.79 Å². The molecule has 3 aliphatic rings. The molecule has 24 heavy (non-hydrogen) atoms. The van der Waals surface area contributed by atoms with Gasteiger partial charge in [-0.15, -0.1) is 0 Å². The molecule has 0 spiro atoms. The van der Waals surface area contributed by atoms with E-state index >= 15 is 0 Å². The van der Waals surface area contributed by atoms with Gasteiger partial charge in [0.2, 0.25) is 5.91 Å². The van der Waals surface area contributed by atoms with Crippen molar-refractivity contribution in [2.75, 3.05) is 32.7 Å². The van der Waals surface area contributed by atoms with Gasteiger partial charge in [0, 0.05) is 25.6 Å². The zero-order valence-corrected chi connectivity index (χ0v) is 14.9. The first-order chi connectivity index (χ1) is 11.7. The summed E-state index contributed by atoms with van der Waals surface area (Å²) in [5.41, 5.74) is 2.72. The molecule has 0 N–H and O–H groups in total. The van der Waals surface area contributed by atoms with E-state index < -0.39 is 0 Å². The molecule has 1 saturated carbocycles. The maximum Gasteiger partial charge on any atom is 0.226 e. The summed E-state index contributed by atoms with van der Waals surface area (Å²) in [5, 5.41) is 0. The molecule has 1 aromatic rings. The molecule has 0 bridgehead atoms. The Balaban J connectivity index is 1.30. The van der Waals surface area contributed by atoms with Crippen LogP contribution in [-0.2, 0) is 4.79 Å². The zero-order valence-electron chi connectivity index (χ0n) is 14.9. The number of aryl methyl sites for hydroxylation is 1. The Morgan fingerprint density at radius 2 is 1.92 bits per heavy atom. The van der Waals surface area contributed by atoms with Crippen molar-refractivity contribution < 1.29 is 4.79 Å². The van der Waals surface area contributed by atoms with Crippen LogP contribution < -0.4 is 0 Å². The molecule has 2 saturated heterocycles. The fourth-order valence-electron chi connectivity index (χ4n) is 4.74. The summed E-state index contributed by atoms with van der Waals surface area (Å²) in [6.45, 7) is 7.88. The Labute approximate surface area is 146 Å². The van der Waals surface area contributed by atoms with Crippen molar-refractivity contribution in [2.45, 2.75) is 44.9 Å². The molecule has 3 atom stereocenters. The number of likely N-dealkylation sites (tertiary alicyclic amines) is 2. The molecule has 130 valence electrons. The topological polar surface area (TPSA) is 23.6 Å². The third-order valence-electron chi connectivity index (χ3n) is 6.26. The summed E-state index contributed by atoms with van der Waals surface area (Å²) in [6.07, 6.45) is 6.36. The minimum Gasteiger partial charge on any atom is -0.342 e. The van der Waals surface area contributed by atoms with Gasteiger partial charge in [0.15, 0.2) is 0 Å². The molecule has 2 heterocycles. The van der Waals surface area contributed by atoms with Crippen molar-refractivity contribution in [3.63, 3.8) is 0 Å². The van der Waals surface area contributed by atoms with Crippen LogP contribution in [0.4, 0.5) is 0 Å². The molecule has 2 aliphatic heterocycles. The van der Waals surface area contributed by atoms with Crippen LogP contribution in [0, 0.1) is 18.8 Å². The van der Waals surface area contributed by atoms with E-state index in [1.165, 1.54) is 56.4 Å². The molecule has 3 heteroatoms. The lowest BCUT2D eigenvalue weighted by atomic mass is 10.0. The van der Waals surface area contributed by atoms with Crippen LogP contribution in [0.25, 0.3) is 0 Å². The predicted octanol–water partition coefficient (Wildman–Crippen LogP) is 3.43. The quantitative estimate of drug-likeness (QED) is 0.846. The van der Waals surface area contributed by atoms with Crippen LogP contribution >= 0.6 is 0 Å². The molecule has 1 aromatic carbocycles. The van der Waals surface area contributed by atoms with Crippen molar-refractivity contribution in [3.05, 3.63) is 35.4 Å². The highest BCUT2D eigenvalue weighted by atomic mass is 16.2. The van der Waals surface area contributed by atoms with Gasteiger partial charge >= 0.3 is 0 Å². The lowest BCUT2D eigenvalue weighted by Crippen LogP contribution is -2.36. The number of carbonyl (C=O) groups excluding carboxylic acids is 1. The van der Waals surface area contributed by atoms with Crippen molar-refractivity contribution in [2.24, 2.45) is 11.8 Å². The Morgan fingerprint density at radius 3 is 2.71 bits per heavy atom. The Kier molecular flexibility index (Phi) is 4.62. The summed E-state index contributed by atoms with van der Waals surface area (Å²) in [6, 6.07) is 8.56. The van der Waals surface area contributed by atoms with Crippen molar-refractivity contribution in [1.82, 2.24) is 9.80 Å². The number of carbonyl (C=O) groups is 1. The fraction of sp³-hybridized carbons (Fsp3) is 0.667. The number of hydrogen-bond donors (Lipinski definition) is 0. The minimum atomic E-state index is 0.250. The number of hydrogen-bond acceptors (Lipinski definition) is 2. The molecule has 3 nitrogen and oxygen atoms in total. The van der Waals surface area contributed by atoms with Crippen LogP contribution in [0.3, 0.4) is 0 Å². The fourth-order valence-corrected chi connectivity index (χ4v) is 4.74. The standard InChI is InChI=1S/C21H30N2O/c1-16-7-3-4-8-18(16)19-13-20(19)21(24)23-12-9-17(15-23)14-22-10-5-2-6-11-22/h3-4,7-8,17,19-20H,2,5-6,9-15H2,1H3/t17-,19-,20+/m0/s1. The summed E-state index contributed by atoms with van der Waals surface area (Å²) < 4.78 is 0. The molecule has 3 fully saturated rings. The van der Waals surface area contributed by atoms with Gasteiger partial charge in [-0.05, 0) is 68.7 Å². The summed E-state index contributed by atoms with van der Waals surface area (Å²) in [5.74, 6) is 1.84. The third kappa shape index (κ3) is 3.37. The molecular weight excluding hydrogens is 296 g/mol. The highest BCUT2D eigenvalue weighted by Crippen LogP contribution is 2.49. The van der Waals surface area contributed by atoms with Crippen molar-refractivity contribution >= 4 is 5.91 Å². The second-order valence-corrected chi connectivity index (χ2v) is 8.11. The van der Waals surface area contributed by atoms with E-state index in [1.807, 2.05) is 0 Å². The number of benzene rings is 1. The minimum absolute atomic E-state index is 0.250. The summed E-state index contributed by atoms with van der Waals surface area (Å²) in [4.78, 5) is 17.6. The third-order valence-corrected chi connectivity index (χ3v) is 6.26. The first kappa shape index (κ1) is 16.1. The highest BCUT2D eigenvalue weighted by Gasteiger charge is 2.47. The van der Waals surface area contributed by atoms with E-state index in [-0.39, 0.29) is 5.92 Å². The maximum absolute atomic E-state index is 12.9. The van der Waals surface area contributed by atoms with Gasteiger partial charge in [-0.3, -0.25) is 4.79 Å². The lowest BCUT2D eigenvalue weighted by Gasteiger charge is -2.29. The lowest BCUT2D eigenvalue weighted by molar-refractivity contribution is -0.131.